The molecule has 0 aromatic carbocycles. The first-order valence-electron chi connectivity index (χ1n) is 8.71. The van der Waals surface area contributed by atoms with E-state index in [2.05, 4.69) is 20.1 Å². The molecule has 1 amide bonds. The Kier molecular flexibility index (Phi) is 4.68. The third-order valence-corrected chi connectivity index (χ3v) is 4.35. The highest BCUT2D eigenvalue weighted by Gasteiger charge is 2.32. The Morgan fingerprint density at radius 2 is 2.00 bits per heavy atom. The standard InChI is InChI=1S/C19H19N5O2/c25-18(24(16-3-4-16)13-14-7-10-20-11-8-14)6-5-17-22-19(23-26-17)15-2-1-9-21-12-15/h1-2,7-12,16H,3-6,13H2. The molecule has 0 atom stereocenters. The number of carbonyl (C=O) groups excluding carboxylic acids is 1. The van der Waals surface area contributed by atoms with Crippen molar-refractivity contribution >= 4 is 5.91 Å². The lowest BCUT2D eigenvalue weighted by atomic mass is 10.2. The molecule has 1 aliphatic carbocycles. The van der Waals surface area contributed by atoms with E-state index in [0.29, 0.717) is 37.1 Å². The predicted octanol–water partition coefficient (Wildman–Crippen LogP) is 2.65. The second-order valence-electron chi connectivity index (χ2n) is 6.36. The first kappa shape index (κ1) is 16.4. The Balaban J connectivity index is 1.37. The molecule has 26 heavy (non-hydrogen) atoms. The van der Waals surface area contributed by atoms with Gasteiger partial charge in [-0.1, -0.05) is 5.16 Å². The number of hydrogen-bond donors (Lipinski definition) is 0. The normalized spacial score (nSPS) is 13.5. The molecule has 0 saturated heterocycles. The largest absolute Gasteiger partial charge is 0.339 e. The van der Waals surface area contributed by atoms with Gasteiger partial charge in [-0.3, -0.25) is 14.8 Å². The molecule has 3 heterocycles. The minimum absolute atomic E-state index is 0.116. The molecule has 0 radical (unpaired) electrons. The summed E-state index contributed by atoms with van der Waals surface area (Å²) in [5.41, 5.74) is 1.89. The smallest absolute Gasteiger partial charge is 0.227 e. The zero-order valence-corrected chi connectivity index (χ0v) is 14.3. The second-order valence-corrected chi connectivity index (χ2v) is 6.36. The Morgan fingerprint density at radius 3 is 2.73 bits per heavy atom. The molecule has 0 N–H and O–H groups in total. The van der Waals surface area contributed by atoms with Crippen molar-refractivity contribution < 1.29 is 9.32 Å². The van der Waals surface area contributed by atoms with Crippen molar-refractivity contribution in [1.29, 1.82) is 0 Å². The minimum Gasteiger partial charge on any atom is -0.339 e. The van der Waals surface area contributed by atoms with Crippen LogP contribution in [0.25, 0.3) is 11.4 Å². The second kappa shape index (κ2) is 7.43. The van der Waals surface area contributed by atoms with Gasteiger partial charge in [0.1, 0.15) is 0 Å². The summed E-state index contributed by atoms with van der Waals surface area (Å²) in [6.07, 6.45) is 9.82. The molecule has 1 saturated carbocycles. The molecule has 1 fully saturated rings. The maximum Gasteiger partial charge on any atom is 0.227 e. The van der Waals surface area contributed by atoms with Gasteiger partial charge in [-0.15, -0.1) is 0 Å². The molecule has 1 aliphatic rings. The maximum absolute atomic E-state index is 12.7. The van der Waals surface area contributed by atoms with Gasteiger partial charge in [-0.2, -0.15) is 4.98 Å². The van der Waals surface area contributed by atoms with Crippen molar-refractivity contribution in [2.45, 2.75) is 38.3 Å². The SMILES string of the molecule is O=C(CCc1nc(-c2cccnc2)no1)N(Cc1ccncc1)C1CC1. The van der Waals surface area contributed by atoms with Gasteiger partial charge in [-0.25, -0.2) is 0 Å². The predicted molar refractivity (Wildman–Crippen MR) is 93.7 cm³/mol. The average molecular weight is 349 g/mol. The lowest BCUT2D eigenvalue weighted by molar-refractivity contribution is -0.132. The maximum atomic E-state index is 12.7. The van der Waals surface area contributed by atoms with E-state index in [0.717, 1.165) is 24.0 Å². The van der Waals surface area contributed by atoms with Crippen molar-refractivity contribution in [3.8, 4) is 11.4 Å². The van der Waals surface area contributed by atoms with Crippen LogP contribution in [-0.2, 0) is 17.8 Å². The first-order valence-corrected chi connectivity index (χ1v) is 8.71. The van der Waals surface area contributed by atoms with Crippen molar-refractivity contribution in [2.24, 2.45) is 0 Å². The lowest BCUT2D eigenvalue weighted by Crippen LogP contribution is -2.32. The zero-order chi connectivity index (χ0) is 17.8. The third kappa shape index (κ3) is 3.93. The Morgan fingerprint density at radius 1 is 1.15 bits per heavy atom. The van der Waals surface area contributed by atoms with E-state index in [1.54, 1.807) is 24.8 Å². The van der Waals surface area contributed by atoms with Gasteiger partial charge in [-0.05, 0) is 42.7 Å². The summed E-state index contributed by atoms with van der Waals surface area (Å²) in [6, 6.07) is 7.93. The van der Waals surface area contributed by atoms with Crippen LogP contribution in [0.4, 0.5) is 0 Å². The fraction of sp³-hybridized carbons (Fsp3) is 0.316. The van der Waals surface area contributed by atoms with Crippen molar-refractivity contribution in [3.63, 3.8) is 0 Å². The molecule has 0 aliphatic heterocycles. The van der Waals surface area contributed by atoms with Gasteiger partial charge in [0.15, 0.2) is 0 Å². The topological polar surface area (TPSA) is 85.0 Å². The fourth-order valence-corrected chi connectivity index (χ4v) is 2.82. The number of aromatic nitrogens is 4. The van der Waals surface area contributed by atoms with E-state index < -0.39 is 0 Å². The van der Waals surface area contributed by atoms with E-state index in [9.17, 15) is 4.79 Å². The highest BCUT2D eigenvalue weighted by Crippen LogP contribution is 2.29. The van der Waals surface area contributed by atoms with Gasteiger partial charge < -0.3 is 9.42 Å². The van der Waals surface area contributed by atoms with E-state index in [1.165, 1.54) is 0 Å². The molecular weight excluding hydrogens is 330 g/mol. The summed E-state index contributed by atoms with van der Waals surface area (Å²) >= 11 is 0. The molecule has 0 bridgehead atoms. The van der Waals surface area contributed by atoms with Crippen LogP contribution in [0.1, 0.15) is 30.7 Å². The van der Waals surface area contributed by atoms with Crippen LogP contribution in [-0.4, -0.2) is 37.0 Å². The third-order valence-electron chi connectivity index (χ3n) is 4.35. The number of pyridine rings is 2. The molecule has 3 aromatic heterocycles. The van der Waals surface area contributed by atoms with Crippen LogP contribution in [0.15, 0.2) is 53.6 Å². The van der Waals surface area contributed by atoms with Crippen LogP contribution in [0, 0.1) is 0 Å². The summed E-state index contributed by atoms with van der Waals surface area (Å²) in [5, 5.41) is 3.97. The number of carbonyl (C=O) groups is 1. The van der Waals surface area contributed by atoms with Gasteiger partial charge in [0, 0.05) is 55.8 Å². The first-order chi connectivity index (χ1) is 12.8. The Bertz CT molecular complexity index is 862. The molecule has 0 unspecified atom stereocenters. The molecule has 0 spiro atoms. The van der Waals surface area contributed by atoms with Crippen LogP contribution in [0.3, 0.4) is 0 Å². The Labute approximate surface area is 151 Å². The molecule has 132 valence electrons. The average Bonchev–Trinajstić information content (AvgIpc) is 3.42. The molecule has 3 aromatic rings. The number of rotatable bonds is 7. The number of aryl methyl sites for hydroxylation is 1. The van der Waals surface area contributed by atoms with Crippen molar-refractivity contribution in [1.82, 2.24) is 25.0 Å². The number of amides is 1. The van der Waals surface area contributed by atoms with Crippen LogP contribution < -0.4 is 0 Å². The van der Waals surface area contributed by atoms with Gasteiger partial charge in [0.05, 0.1) is 0 Å². The van der Waals surface area contributed by atoms with E-state index >= 15 is 0 Å². The highest BCUT2D eigenvalue weighted by molar-refractivity contribution is 5.77. The van der Waals surface area contributed by atoms with E-state index in [-0.39, 0.29) is 5.91 Å². The van der Waals surface area contributed by atoms with Crippen LogP contribution in [0.2, 0.25) is 0 Å². The number of nitrogens with zero attached hydrogens (tertiary/aromatic N) is 5. The molecule has 7 nitrogen and oxygen atoms in total. The number of hydrogen-bond acceptors (Lipinski definition) is 6. The van der Waals surface area contributed by atoms with E-state index in [4.69, 9.17) is 4.52 Å². The summed E-state index contributed by atoms with van der Waals surface area (Å²) in [5.74, 6) is 1.08. The monoisotopic (exact) mass is 349 g/mol. The fourth-order valence-electron chi connectivity index (χ4n) is 2.82. The summed E-state index contributed by atoms with van der Waals surface area (Å²) < 4.78 is 5.28. The van der Waals surface area contributed by atoms with Gasteiger partial charge in [0.25, 0.3) is 0 Å². The van der Waals surface area contributed by atoms with Gasteiger partial charge >= 0.3 is 0 Å². The van der Waals surface area contributed by atoms with E-state index in [1.807, 2.05) is 29.2 Å². The Hall–Kier alpha value is -3.09. The van der Waals surface area contributed by atoms with Crippen LogP contribution in [0.5, 0.6) is 0 Å². The molecule has 7 heteroatoms. The molecular formula is C19H19N5O2. The zero-order valence-electron chi connectivity index (χ0n) is 14.3. The lowest BCUT2D eigenvalue weighted by Gasteiger charge is -2.22. The summed E-state index contributed by atoms with van der Waals surface area (Å²) in [7, 11) is 0. The summed E-state index contributed by atoms with van der Waals surface area (Å²) in [4.78, 5) is 27.1. The van der Waals surface area contributed by atoms with Crippen LogP contribution >= 0.6 is 0 Å². The highest BCUT2D eigenvalue weighted by atomic mass is 16.5. The van der Waals surface area contributed by atoms with Gasteiger partial charge in [0.2, 0.25) is 17.6 Å². The quantitative estimate of drug-likeness (QED) is 0.652. The minimum atomic E-state index is 0.116. The molecule has 4 rings (SSSR count). The van der Waals surface area contributed by atoms with Crippen molar-refractivity contribution in [3.05, 3.63) is 60.5 Å². The summed E-state index contributed by atoms with van der Waals surface area (Å²) in [6.45, 7) is 0.622. The van der Waals surface area contributed by atoms with Crippen molar-refractivity contribution in [2.75, 3.05) is 0 Å².